The maximum atomic E-state index is 12.6. The fourth-order valence-electron chi connectivity index (χ4n) is 0.770. The smallest absolute Gasteiger partial charge is 0.124 e. The van der Waals surface area contributed by atoms with Crippen LogP contribution >= 0.6 is 11.6 Å². The van der Waals surface area contributed by atoms with E-state index in [4.69, 9.17) is 16.9 Å². The highest BCUT2D eigenvalue weighted by atomic mass is 35.5. The van der Waals surface area contributed by atoms with Crippen LogP contribution in [0.1, 0.15) is 12.0 Å². The fraction of sp³-hybridized carbons (Fsp3) is 0.100. The van der Waals surface area contributed by atoms with Gasteiger partial charge >= 0.3 is 0 Å². The molecule has 0 aliphatic carbocycles. The lowest BCUT2D eigenvalue weighted by molar-refractivity contribution is 0.628. The van der Waals surface area contributed by atoms with Gasteiger partial charge < -0.3 is 0 Å². The molecular formula is C10H5ClFN. The molecular weight excluding hydrogens is 189 g/mol. The SMILES string of the molecule is N#CCC#Cc1ccc(F)cc1Cl. The Kier molecular flexibility index (Phi) is 3.31. The first kappa shape index (κ1) is 9.58. The molecule has 13 heavy (non-hydrogen) atoms. The summed E-state index contributed by atoms with van der Waals surface area (Å²) in [6, 6.07) is 5.84. The molecule has 0 aliphatic heterocycles. The lowest BCUT2D eigenvalue weighted by atomic mass is 10.2. The van der Waals surface area contributed by atoms with Crippen molar-refractivity contribution in [1.82, 2.24) is 0 Å². The van der Waals surface area contributed by atoms with Crippen LogP contribution in [-0.2, 0) is 0 Å². The minimum Gasteiger partial charge on any atom is -0.207 e. The standard InChI is InChI=1S/C10H5ClFN/c11-10-7-9(12)5-4-8(10)3-1-2-6-13/h4-5,7H,2H2. The molecule has 0 heterocycles. The van der Waals surface area contributed by atoms with Gasteiger partial charge in [-0.15, -0.1) is 0 Å². The molecule has 0 radical (unpaired) electrons. The van der Waals surface area contributed by atoms with Crippen LogP contribution in [-0.4, -0.2) is 0 Å². The van der Waals surface area contributed by atoms with Crippen LogP contribution in [0, 0.1) is 29.0 Å². The van der Waals surface area contributed by atoms with Crippen molar-refractivity contribution in [2.75, 3.05) is 0 Å². The number of halogens is 2. The van der Waals surface area contributed by atoms with Gasteiger partial charge in [0.1, 0.15) is 5.82 Å². The maximum Gasteiger partial charge on any atom is 0.124 e. The van der Waals surface area contributed by atoms with Crippen LogP contribution in [0.2, 0.25) is 5.02 Å². The molecule has 1 aromatic carbocycles. The van der Waals surface area contributed by atoms with E-state index in [1.54, 1.807) is 0 Å². The van der Waals surface area contributed by atoms with Gasteiger partial charge in [0, 0.05) is 5.56 Å². The molecule has 3 heteroatoms. The quantitative estimate of drug-likeness (QED) is 0.582. The summed E-state index contributed by atoms with van der Waals surface area (Å²) in [6.07, 6.45) is 0.147. The molecule has 0 fully saturated rings. The van der Waals surface area contributed by atoms with Gasteiger partial charge in [-0.3, -0.25) is 0 Å². The molecule has 0 unspecified atom stereocenters. The minimum absolute atomic E-state index is 0.147. The Morgan fingerprint density at radius 3 is 2.85 bits per heavy atom. The van der Waals surface area contributed by atoms with Crippen molar-refractivity contribution in [2.45, 2.75) is 6.42 Å². The van der Waals surface area contributed by atoms with Gasteiger partial charge in [-0.05, 0) is 18.2 Å². The summed E-state index contributed by atoms with van der Waals surface area (Å²) >= 11 is 5.68. The Bertz CT molecular complexity index is 409. The summed E-state index contributed by atoms with van der Waals surface area (Å²) in [5, 5.41) is 8.48. The second kappa shape index (κ2) is 4.50. The zero-order valence-corrected chi connectivity index (χ0v) is 7.40. The first-order chi connectivity index (χ1) is 6.24. The third kappa shape index (κ3) is 2.78. The van der Waals surface area contributed by atoms with Crippen LogP contribution in [0.5, 0.6) is 0 Å². The number of hydrogen-bond acceptors (Lipinski definition) is 1. The molecule has 1 aromatic rings. The monoisotopic (exact) mass is 193 g/mol. The molecule has 64 valence electrons. The van der Waals surface area contributed by atoms with E-state index in [1.165, 1.54) is 18.2 Å². The van der Waals surface area contributed by atoms with E-state index in [2.05, 4.69) is 11.8 Å². The van der Waals surface area contributed by atoms with E-state index in [-0.39, 0.29) is 11.4 Å². The zero-order valence-electron chi connectivity index (χ0n) is 6.64. The van der Waals surface area contributed by atoms with Gasteiger partial charge in [0.05, 0.1) is 17.5 Å². The van der Waals surface area contributed by atoms with E-state index >= 15 is 0 Å². The first-order valence-corrected chi connectivity index (χ1v) is 3.92. The summed E-state index contributed by atoms with van der Waals surface area (Å²) in [6.45, 7) is 0. The summed E-state index contributed by atoms with van der Waals surface area (Å²) in [5.41, 5.74) is 0.540. The Labute approximate surface area is 80.8 Å². The van der Waals surface area contributed by atoms with E-state index in [9.17, 15) is 4.39 Å². The Morgan fingerprint density at radius 2 is 2.23 bits per heavy atom. The van der Waals surface area contributed by atoms with Gasteiger partial charge in [0.2, 0.25) is 0 Å². The fourth-order valence-corrected chi connectivity index (χ4v) is 0.984. The summed E-state index contributed by atoms with van der Waals surface area (Å²) in [7, 11) is 0. The Morgan fingerprint density at radius 1 is 1.46 bits per heavy atom. The average molecular weight is 194 g/mol. The second-order valence-corrected chi connectivity index (χ2v) is 2.67. The van der Waals surface area contributed by atoms with Crippen molar-refractivity contribution < 1.29 is 4.39 Å². The molecule has 1 rings (SSSR count). The van der Waals surface area contributed by atoms with Crippen molar-refractivity contribution in [1.29, 1.82) is 5.26 Å². The molecule has 0 bridgehead atoms. The van der Waals surface area contributed by atoms with Crippen LogP contribution < -0.4 is 0 Å². The van der Waals surface area contributed by atoms with Gasteiger partial charge in [-0.25, -0.2) is 4.39 Å². The van der Waals surface area contributed by atoms with Gasteiger partial charge in [-0.1, -0.05) is 23.4 Å². The maximum absolute atomic E-state index is 12.6. The summed E-state index contributed by atoms with van der Waals surface area (Å²) in [4.78, 5) is 0. The molecule has 0 atom stereocenters. The van der Waals surface area contributed by atoms with Crippen molar-refractivity contribution in [2.24, 2.45) is 0 Å². The second-order valence-electron chi connectivity index (χ2n) is 2.26. The Balaban J connectivity index is 2.93. The summed E-state index contributed by atoms with van der Waals surface area (Å²) in [5.74, 6) is 4.87. The zero-order chi connectivity index (χ0) is 9.68. The first-order valence-electron chi connectivity index (χ1n) is 3.55. The van der Waals surface area contributed by atoms with Gasteiger partial charge in [0.25, 0.3) is 0 Å². The van der Waals surface area contributed by atoms with Gasteiger partial charge in [-0.2, -0.15) is 5.26 Å². The van der Waals surface area contributed by atoms with Crippen LogP contribution in [0.15, 0.2) is 18.2 Å². The predicted molar refractivity (Wildman–Crippen MR) is 48.5 cm³/mol. The number of benzene rings is 1. The molecule has 0 amide bonds. The highest BCUT2D eigenvalue weighted by Gasteiger charge is 1.97. The molecule has 1 nitrogen and oxygen atoms in total. The van der Waals surface area contributed by atoms with E-state index < -0.39 is 5.82 Å². The van der Waals surface area contributed by atoms with Crippen molar-refractivity contribution >= 4 is 11.6 Å². The third-order valence-corrected chi connectivity index (χ3v) is 1.63. The summed E-state index contributed by atoms with van der Waals surface area (Å²) < 4.78 is 12.6. The van der Waals surface area contributed by atoms with Crippen molar-refractivity contribution in [3.05, 3.63) is 34.6 Å². The molecule has 0 aromatic heterocycles. The predicted octanol–water partition coefficient (Wildman–Crippen LogP) is 2.74. The van der Waals surface area contributed by atoms with Crippen LogP contribution in [0.25, 0.3) is 0 Å². The van der Waals surface area contributed by atoms with E-state index in [1.807, 2.05) is 6.07 Å². The molecule has 0 saturated carbocycles. The normalized spacial score (nSPS) is 8.38. The highest BCUT2D eigenvalue weighted by molar-refractivity contribution is 6.31. The molecule has 0 N–H and O–H groups in total. The lowest BCUT2D eigenvalue weighted by Crippen LogP contribution is -1.79. The van der Waals surface area contributed by atoms with Gasteiger partial charge in [0.15, 0.2) is 0 Å². The largest absolute Gasteiger partial charge is 0.207 e. The van der Waals surface area contributed by atoms with E-state index in [0.29, 0.717) is 5.56 Å². The number of rotatable bonds is 0. The molecule has 0 aliphatic rings. The van der Waals surface area contributed by atoms with Crippen molar-refractivity contribution in [3.8, 4) is 17.9 Å². The number of hydrogen-bond donors (Lipinski definition) is 0. The average Bonchev–Trinajstić information content (AvgIpc) is 2.09. The van der Waals surface area contributed by atoms with E-state index in [0.717, 1.165) is 0 Å². The topological polar surface area (TPSA) is 23.8 Å². The highest BCUT2D eigenvalue weighted by Crippen LogP contribution is 2.15. The van der Waals surface area contributed by atoms with Crippen LogP contribution in [0.4, 0.5) is 4.39 Å². The number of nitrogens with zero attached hydrogens (tertiary/aromatic N) is 1. The lowest BCUT2D eigenvalue weighted by Gasteiger charge is -1.94. The Hall–Kier alpha value is -1.51. The minimum atomic E-state index is -0.393. The third-order valence-electron chi connectivity index (χ3n) is 1.32. The van der Waals surface area contributed by atoms with Crippen LogP contribution in [0.3, 0.4) is 0 Å². The van der Waals surface area contributed by atoms with Crippen molar-refractivity contribution in [3.63, 3.8) is 0 Å². The number of nitriles is 1. The molecule has 0 spiro atoms. The molecule has 0 saturated heterocycles.